The van der Waals surface area contributed by atoms with Gasteiger partial charge in [0.1, 0.15) is 5.82 Å². The smallest absolute Gasteiger partial charge is 0.233 e. The molecular weight excluding hydrogens is 389 g/mol. The molecule has 0 saturated carbocycles. The summed E-state index contributed by atoms with van der Waals surface area (Å²) in [5.41, 5.74) is 1.86. The molecule has 1 aromatic heterocycles. The maximum atomic E-state index is 13.1. The SMILES string of the molecule is CC[C@@H](CNC(=O)[C@@H](C)Sc1nnc(-c2ccc(F)cc2)n1N)c1ccccc1. The highest BCUT2D eigenvalue weighted by atomic mass is 32.2. The van der Waals surface area contributed by atoms with Crippen LogP contribution in [0.25, 0.3) is 11.4 Å². The van der Waals surface area contributed by atoms with Gasteiger partial charge in [-0.15, -0.1) is 10.2 Å². The fourth-order valence-electron chi connectivity index (χ4n) is 2.96. The first-order valence-corrected chi connectivity index (χ1v) is 10.3. The summed E-state index contributed by atoms with van der Waals surface area (Å²) >= 11 is 1.23. The molecule has 0 fully saturated rings. The van der Waals surface area contributed by atoms with E-state index in [1.807, 2.05) is 18.2 Å². The van der Waals surface area contributed by atoms with E-state index >= 15 is 0 Å². The molecular formula is C21H24FN5OS. The summed E-state index contributed by atoms with van der Waals surface area (Å²) in [4.78, 5) is 12.6. The van der Waals surface area contributed by atoms with E-state index in [0.29, 0.717) is 23.1 Å². The summed E-state index contributed by atoms with van der Waals surface area (Å²) in [6.07, 6.45) is 0.934. The minimum absolute atomic E-state index is 0.0873. The van der Waals surface area contributed by atoms with Crippen LogP contribution in [0.15, 0.2) is 59.8 Å². The normalized spacial score (nSPS) is 13.1. The number of carbonyl (C=O) groups excluding carboxylic acids is 1. The average Bonchev–Trinajstić information content (AvgIpc) is 3.10. The van der Waals surface area contributed by atoms with Crippen molar-refractivity contribution in [3.8, 4) is 11.4 Å². The van der Waals surface area contributed by atoms with E-state index in [9.17, 15) is 9.18 Å². The molecule has 0 aliphatic heterocycles. The fourth-order valence-corrected chi connectivity index (χ4v) is 3.75. The zero-order valence-electron chi connectivity index (χ0n) is 16.4. The molecule has 2 atom stereocenters. The number of hydrogen-bond donors (Lipinski definition) is 2. The van der Waals surface area contributed by atoms with Crippen LogP contribution in [-0.2, 0) is 4.79 Å². The third kappa shape index (κ3) is 5.14. The number of nitrogens with one attached hydrogen (secondary N) is 1. The van der Waals surface area contributed by atoms with Gasteiger partial charge in [0.05, 0.1) is 5.25 Å². The van der Waals surface area contributed by atoms with E-state index in [1.54, 1.807) is 19.1 Å². The van der Waals surface area contributed by atoms with Crippen LogP contribution in [0.5, 0.6) is 0 Å². The third-order valence-electron chi connectivity index (χ3n) is 4.70. The summed E-state index contributed by atoms with van der Waals surface area (Å²) in [5, 5.41) is 11.2. The number of amides is 1. The van der Waals surface area contributed by atoms with Gasteiger partial charge < -0.3 is 11.2 Å². The van der Waals surface area contributed by atoms with Gasteiger partial charge in [-0.25, -0.2) is 9.07 Å². The zero-order valence-corrected chi connectivity index (χ0v) is 17.2. The Morgan fingerprint density at radius 2 is 1.86 bits per heavy atom. The van der Waals surface area contributed by atoms with Gasteiger partial charge in [0.15, 0.2) is 5.82 Å². The van der Waals surface area contributed by atoms with Gasteiger partial charge in [0, 0.05) is 18.0 Å². The Balaban J connectivity index is 1.60. The van der Waals surface area contributed by atoms with Crippen LogP contribution in [0.1, 0.15) is 31.7 Å². The number of nitrogen functional groups attached to an aromatic ring is 1. The largest absolute Gasteiger partial charge is 0.355 e. The fraction of sp³-hybridized carbons (Fsp3) is 0.286. The molecule has 29 heavy (non-hydrogen) atoms. The molecule has 6 nitrogen and oxygen atoms in total. The van der Waals surface area contributed by atoms with Gasteiger partial charge in [0.25, 0.3) is 0 Å². The predicted octanol–water partition coefficient (Wildman–Crippen LogP) is 3.59. The van der Waals surface area contributed by atoms with E-state index in [4.69, 9.17) is 5.84 Å². The Morgan fingerprint density at radius 3 is 2.52 bits per heavy atom. The summed E-state index contributed by atoms with van der Waals surface area (Å²) in [7, 11) is 0. The van der Waals surface area contributed by atoms with Crippen LogP contribution >= 0.6 is 11.8 Å². The molecule has 152 valence electrons. The molecule has 3 aromatic rings. The molecule has 3 rings (SSSR count). The maximum Gasteiger partial charge on any atom is 0.233 e. The van der Waals surface area contributed by atoms with Gasteiger partial charge in [0.2, 0.25) is 11.1 Å². The molecule has 0 aliphatic carbocycles. The first-order chi connectivity index (χ1) is 14.0. The van der Waals surface area contributed by atoms with Crippen LogP contribution < -0.4 is 11.2 Å². The van der Waals surface area contributed by atoms with Crippen molar-refractivity contribution in [3.05, 3.63) is 66.0 Å². The third-order valence-corrected chi connectivity index (χ3v) is 5.76. The van der Waals surface area contributed by atoms with Crippen LogP contribution in [0.4, 0.5) is 4.39 Å². The van der Waals surface area contributed by atoms with Crippen molar-refractivity contribution < 1.29 is 9.18 Å². The molecule has 0 unspecified atom stereocenters. The molecule has 3 N–H and O–H groups in total. The molecule has 0 radical (unpaired) electrons. The topological polar surface area (TPSA) is 85.8 Å². The van der Waals surface area contributed by atoms with E-state index in [1.165, 1.54) is 34.1 Å². The van der Waals surface area contributed by atoms with E-state index in [2.05, 4.69) is 34.6 Å². The molecule has 0 aliphatic rings. The average molecular weight is 414 g/mol. The lowest BCUT2D eigenvalue weighted by molar-refractivity contribution is -0.120. The van der Waals surface area contributed by atoms with Crippen molar-refractivity contribution in [2.45, 2.75) is 36.6 Å². The molecule has 0 spiro atoms. The Hall–Kier alpha value is -2.87. The first-order valence-electron chi connectivity index (χ1n) is 9.45. The van der Waals surface area contributed by atoms with Crippen molar-refractivity contribution >= 4 is 17.7 Å². The second-order valence-corrected chi connectivity index (χ2v) is 8.01. The monoisotopic (exact) mass is 413 g/mol. The maximum absolute atomic E-state index is 13.1. The second-order valence-electron chi connectivity index (χ2n) is 6.70. The number of hydrogen-bond acceptors (Lipinski definition) is 5. The standard InChI is InChI=1S/C21H24FN5OS/c1-3-15(16-7-5-4-6-8-16)13-24-20(28)14(2)29-21-26-25-19(27(21)23)17-9-11-18(22)12-10-17/h4-12,14-15H,3,13,23H2,1-2H3,(H,24,28)/t14-,15+/m1/s1. The van der Waals surface area contributed by atoms with Crippen LogP contribution in [0.3, 0.4) is 0 Å². The molecule has 0 bridgehead atoms. The van der Waals surface area contributed by atoms with Crippen LogP contribution in [0.2, 0.25) is 0 Å². The van der Waals surface area contributed by atoms with E-state index in [0.717, 1.165) is 6.42 Å². The molecule has 2 aromatic carbocycles. The quantitative estimate of drug-likeness (QED) is 0.435. The summed E-state index contributed by atoms with van der Waals surface area (Å²) in [5.74, 6) is 6.34. The summed E-state index contributed by atoms with van der Waals surface area (Å²) in [6.45, 7) is 4.48. The Morgan fingerprint density at radius 1 is 1.17 bits per heavy atom. The molecule has 8 heteroatoms. The zero-order chi connectivity index (χ0) is 20.8. The van der Waals surface area contributed by atoms with Crippen molar-refractivity contribution in [2.75, 3.05) is 12.4 Å². The van der Waals surface area contributed by atoms with Crippen LogP contribution in [-0.4, -0.2) is 32.6 Å². The van der Waals surface area contributed by atoms with Gasteiger partial charge in [-0.05, 0) is 43.2 Å². The van der Waals surface area contributed by atoms with Crippen molar-refractivity contribution in [1.29, 1.82) is 0 Å². The Labute approximate surface area is 173 Å². The molecule has 0 saturated heterocycles. The van der Waals surface area contributed by atoms with Gasteiger partial charge in [-0.1, -0.05) is 49.0 Å². The number of halogens is 1. The number of carbonyl (C=O) groups is 1. The lowest BCUT2D eigenvalue weighted by Crippen LogP contribution is -2.34. The second kappa shape index (κ2) is 9.56. The van der Waals surface area contributed by atoms with Crippen molar-refractivity contribution in [1.82, 2.24) is 20.2 Å². The van der Waals surface area contributed by atoms with Gasteiger partial charge in [-0.3, -0.25) is 4.79 Å². The van der Waals surface area contributed by atoms with Gasteiger partial charge in [-0.2, -0.15) is 0 Å². The lowest BCUT2D eigenvalue weighted by Gasteiger charge is -2.18. The first kappa shape index (κ1) is 20.9. The van der Waals surface area contributed by atoms with Crippen molar-refractivity contribution in [2.24, 2.45) is 0 Å². The van der Waals surface area contributed by atoms with Gasteiger partial charge >= 0.3 is 0 Å². The van der Waals surface area contributed by atoms with E-state index in [-0.39, 0.29) is 17.6 Å². The van der Waals surface area contributed by atoms with Crippen LogP contribution in [0, 0.1) is 5.82 Å². The highest BCUT2D eigenvalue weighted by molar-refractivity contribution is 8.00. The summed E-state index contributed by atoms with van der Waals surface area (Å²) in [6, 6.07) is 16.0. The van der Waals surface area contributed by atoms with E-state index < -0.39 is 5.25 Å². The lowest BCUT2D eigenvalue weighted by atomic mass is 9.96. The number of nitrogens with two attached hydrogens (primary N) is 1. The number of aromatic nitrogens is 3. The number of thioether (sulfide) groups is 1. The minimum atomic E-state index is -0.393. The highest BCUT2D eigenvalue weighted by Gasteiger charge is 2.21. The number of benzene rings is 2. The minimum Gasteiger partial charge on any atom is -0.355 e. The summed E-state index contributed by atoms with van der Waals surface area (Å²) < 4.78 is 14.4. The number of rotatable bonds is 8. The Kier molecular flexibility index (Phi) is 6.87. The Bertz CT molecular complexity index is 945. The molecule has 1 heterocycles. The molecule has 1 amide bonds. The van der Waals surface area contributed by atoms with Crippen molar-refractivity contribution in [3.63, 3.8) is 0 Å². The number of nitrogens with zero attached hydrogens (tertiary/aromatic N) is 3. The predicted molar refractivity (Wildman–Crippen MR) is 113 cm³/mol. The highest BCUT2D eigenvalue weighted by Crippen LogP contribution is 2.25.